The Morgan fingerprint density at radius 3 is 2.70 bits per heavy atom. The summed E-state index contributed by atoms with van der Waals surface area (Å²) in [6.45, 7) is 2.31. The van der Waals surface area contributed by atoms with Gasteiger partial charge in [-0.15, -0.1) is 0 Å². The van der Waals surface area contributed by atoms with Crippen LogP contribution in [0, 0.1) is 11.7 Å². The summed E-state index contributed by atoms with van der Waals surface area (Å²) in [7, 11) is 0. The molecule has 5 rings (SSSR count). The molecule has 1 aliphatic carbocycles. The van der Waals surface area contributed by atoms with Crippen molar-refractivity contribution in [3.63, 3.8) is 0 Å². The van der Waals surface area contributed by atoms with Gasteiger partial charge < -0.3 is 9.32 Å². The molecule has 0 radical (unpaired) electrons. The van der Waals surface area contributed by atoms with Gasteiger partial charge in [0.05, 0.1) is 12.0 Å². The minimum atomic E-state index is -0.312. The van der Waals surface area contributed by atoms with Crippen molar-refractivity contribution >= 4 is 17.1 Å². The van der Waals surface area contributed by atoms with Crippen LogP contribution in [0.1, 0.15) is 37.3 Å². The van der Waals surface area contributed by atoms with Crippen molar-refractivity contribution in [1.82, 2.24) is 14.5 Å². The third kappa shape index (κ3) is 3.34. The van der Waals surface area contributed by atoms with Gasteiger partial charge >= 0.3 is 0 Å². The maximum atomic E-state index is 13.3. The maximum absolute atomic E-state index is 13.3. The van der Waals surface area contributed by atoms with Crippen LogP contribution in [-0.4, -0.2) is 27.6 Å². The third-order valence-corrected chi connectivity index (χ3v) is 5.57. The fraction of sp³-hybridized carbons (Fsp3) is 0.450. The summed E-state index contributed by atoms with van der Waals surface area (Å²) in [6.07, 6.45) is 5.90. The van der Waals surface area contributed by atoms with E-state index in [2.05, 4.69) is 14.9 Å². The molecule has 0 bridgehead atoms. The molecule has 0 amide bonds. The lowest BCUT2D eigenvalue weighted by Gasteiger charge is -2.31. The normalized spacial score (nSPS) is 18.3. The molecule has 3 heterocycles. The highest BCUT2D eigenvalue weighted by molar-refractivity contribution is 5.74. The van der Waals surface area contributed by atoms with Crippen LogP contribution in [0.25, 0.3) is 11.1 Å². The Balaban J connectivity index is 1.24. The van der Waals surface area contributed by atoms with E-state index in [0.717, 1.165) is 44.5 Å². The van der Waals surface area contributed by atoms with Gasteiger partial charge in [-0.1, -0.05) is 0 Å². The summed E-state index contributed by atoms with van der Waals surface area (Å²) in [6, 6.07) is 6.62. The Morgan fingerprint density at radius 1 is 1.15 bits per heavy atom. The standard InChI is InChI=1S/C20H21FN4O2/c21-15-3-4-18-17(9-15)23-20(27-18)24-7-5-13(6-8-24)11-25-12-22-16(10-19(25)26)14-1-2-14/h3-4,9-10,12-14H,1-2,5-8,11H2. The van der Waals surface area contributed by atoms with Gasteiger partial charge in [-0.05, 0) is 43.7 Å². The van der Waals surface area contributed by atoms with Crippen LogP contribution in [0.2, 0.25) is 0 Å². The highest BCUT2D eigenvalue weighted by Crippen LogP contribution is 2.38. The van der Waals surface area contributed by atoms with E-state index >= 15 is 0 Å². The summed E-state index contributed by atoms with van der Waals surface area (Å²) in [5.41, 5.74) is 2.14. The molecule has 1 saturated heterocycles. The van der Waals surface area contributed by atoms with Crippen LogP contribution >= 0.6 is 0 Å². The second-order valence-electron chi connectivity index (χ2n) is 7.62. The lowest BCUT2D eigenvalue weighted by atomic mass is 9.97. The van der Waals surface area contributed by atoms with Gasteiger partial charge in [-0.3, -0.25) is 9.36 Å². The number of rotatable bonds is 4. The first-order valence-electron chi connectivity index (χ1n) is 9.53. The molecule has 2 aliphatic rings. The average Bonchev–Trinajstić information content (AvgIpc) is 3.43. The maximum Gasteiger partial charge on any atom is 0.298 e. The predicted molar refractivity (Wildman–Crippen MR) is 99.4 cm³/mol. The van der Waals surface area contributed by atoms with E-state index in [1.165, 1.54) is 12.1 Å². The zero-order valence-electron chi connectivity index (χ0n) is 15.0. The fourth-order valence-electron chi connectivity index (χ4n) is 3.79. The highest BCUT2D eigenvalue weighted by atomic mass is 19.1. The number of aromatic nitrogens is 3. The third-order valence-electron chi connectivity index (χ3n) is 5.57. The van der Waals surface area contributed by atoms with Crippen molar-refractivity contribution in [2.24, 2.45) is 5.92 Å². The molecule has 27 heavy (non-hydrogen) atoms. The van der Waals surface area contributed by atoms with Crippen LogP contribution in [0.4, 0.5) is 10.4 Å². The van der Waals surface area contributed by atoms with E-state index in [1.807, 2.05) is 0 Å². The molecule has 0 unspecified atom stereocenters. The van der Waals surface area contributed by atoms with E-state index in [1.54, 1.807) is 23.0 Å². The second kappa shape index (κ2) is 6.48. The summed E-state index contributed by atoms with van der Waals surface area (Å²) < 4.78 is 20.8. The molecule has 0 spiro atoms. The molecular weight excluding hydrogens is 347 g/mol. The van der Waals surface area contributed by atoms with Gasteiger partial charge in [0.2, 0.25) is 0 Å². The monoisotopic (exact) mass is 368 g/mol. The second-order valence-corrected chi connectivity index (χ2v) is 7.62. The summed E-state index contributed by atoms with van der Waals surface area (Å²) in [5, 5.41) is 0. The minimum absolute atomic E-state index is 0.0512. The summed E-state index contributed by atoms with van der Waals surface area (Å²) in [5.74, 6) is 0.613. The van der Waals surface area contributed by atoms with Gasteiger partial charge in [0.25, 0.3) is 11.6 Å². The number of halogens is 1. The van der Waals surface area contributed by atoms with E-state index in [-0.39, 0.29) is 11.4 Å². The van der Waals surface area contributed by atoms with E-state index in [0.29, 0.717) is 35.5 Å². The highest BCUT2D eigenvalue weighted by Gasteiger charge is 2.26. The van der Waals surface area contributed by atoms with E-state index in [9.17, 15) is 9.18 Å². The van der Waals surface area contributed by atoms with Crippen LogP contribution in [0.15, 0.2) is 39.8 Å². The topological polar surface area (TPSA) is 64.2 Å². The molecular formula is C20H21FN4O2. The average molecular weight is 368 g/mol. The Morgan fingerprint density at radius 2 is 1.96 bits per heavy atom. The number of oxazole rings is 1. The first kappa shape index (κ1) is 16.5. The molecule has 1 saturated carbocycles. The molecule has 0 N–H and O–H groups in total. The predicted octanol–water partition coefficient (Wildman–Crippen LogP) is 3.32. The quantitative estimate of drug-likeness (QED) is 0.707. The van der Waals surface area contributed by atoms with Crippen molar-refractivity contribution in [2.45, 2.75) is 38.1 Å². The number of nitrogens with zero attached hydrogens (tertiary/aromatic N) is 4. The lowest BCUT2D eigenvalue weighted by molar-refractivity contribution is 0.342. The molecule has 2 aromatic heterocycles. The zero-order chi connectivity index (χ0) is 18.4. The number of hydrogen-bond acceptors (Lipinski definition) is 5. The van der Waals surface area contributed by atoms with Crippen molar-refractivity contribution in [1.29, 1.82) is 0 Å². The van der Waals surface area contributed by atoms with Gasteiger partial charge in [0.1, 0.15) is 11.3 Å². The Labute approximate surface area is 155 Å². The Kier molecular flexibility index (Phi) is 3.95. The molecule has 1 aromatic carbocycles. The molecule has 0 atom stereocenters. The summed E-state index contributed by atoms with van der Waals surface area (Å²) >= 11 is 0. The SMILES string of the molecule is O=c1cc(C2CC2)ncn1CC1CCN(c2nc3cc(F)ccc3o2)CC1. The number of piperidine rings is 1. The minimum Gasteiger partial charge on any atom is -0.423 e. The zero-order valence-corrected chi connectivity index (χ0v) is 15.0. The Hall–Kier alpha value is -2.70. The molecule has 6 nitrogen and oxygen atoms in total. The van der Waals surface area contributed by atoms with Crippen LogP contribution in [0.5, 0.6) is 0 Å². The lowest BCUT2D eigenvalue weighted by Crippen LogP contribution is -2.36. The van der Waals surface area contributed by atoms with E-state index < -0.39 is 0 Å². The Bertz CT molecular complexity index is 1030. The number of fused-ring (bicyclic) bond motifs is 1. The van der Waals surface area contributed by atoms with Crippen LogP contribution in [-0.2, 0) is 6.54 Å². The van der Waals surface area contributed by atoms with Crippen molar-refractivity contribution in [3.05, 3.63) is 52.5 Å². The number of anilines is 1. The van der Waals surface area contributed by atoms with E-state index in [4.69, 9.17) is 4.42 Å². The largest absolute Gasteiger partial charge is 0.423 e. The van der Waals surface area contributed by atoms with Crippen molar-refractivity contribution in [2.75, 3.05) is 18.0 Å². The first-order chi connectivity index (χ1) is 13.2. The number of benzene rings is 1. The fourth-order valence-corrected chi connectivity index (χ4v) is 3.79. The molecule has 7 heteroatoms. The molecule has 140 valence electrons. The van der Waals surface area contributed by atoms with Gasteiger partial charge in [0.15, 0.2) is 5.58 Å². The van der Waals surface area contributed by atoms with Crippen molar-refractivity contribution < 1.29 is 8.81 Å². The van der Waals surface area contributed by atoms with Crippen LogP contribution < -0.4 is 10.5 Å². The van der Waals surface area contributed by atoms with Crippen LogP contribution in [0.3, 0.4) is 0 Å². The first-order valence-corrected chi connectivity index (χ1v) is 9.53. The molecule has 3 aromatic rings. The summed E-state index contributed by atoms with van der Waals surface area (Å²) in [4.78, 5) is 23.3. The molecule has 2 fully saturated rings. The molecule has 1 aliphatic heterocycles. The number of hydrogen-bond donors (Lipinski definition) is 0. The smallest absolute Gasteiger partial charge is 0.298 e. The van der Waals surface area contributed by atoms with Crippen molar-refractivity contribution in [3.8, 4) is 0 Å². The van der Waals surface area contributed by atoms with Gasteiger partial charge in [-0.25, -0.2) is 9.37 Å². The van der Waals surface area contributed by atoms with Gasteiger partial charge in [0, 0.05) is 37.7 Å². The van der Waals surface area contributed by atoms with Gasteiger partial charge in [-0.2, -0.15) is 4.98 Å².